The number of esters is 1. The van der Waals surface area contributed by atoms with Crippen LogP contribution < -0.4 is 10.1 Å². The van der Waals surface area contributed by atoms with Gasteiger partial charge in [0.25, 0.3) is 0 Å². The lowest BCUT2D eigenvalue weighted by Gasteiger charge is -2.31. The second-order valence-corrected chi connectivity index (χ2v) is 6.66. The Morgan fingerprint density at radius 3 is 2.54 bits per heavy atom. The van der Waals surface area contributed by atoms with E-state index in [4.69, 9.17) is 9.47 Å². The fourth-order valence-corrected chi connectivity index (χ4v) is 2.96. The molecule has 2 rings (SSSR count). The van der Waals surface area contributed by atoms with Gasteiger partial charge in [0, 0.05) is 13.1 Å². The number of aryl methyl sites for hydroxylation is 1. The minimum absolute atomic E-state index is 0.0474. The van der Waals surface area contributed by atoms with E-state index in [2.05, 4.69) is 5.32 Å². The summed E-state index contributed by atoms with van der Waals surface area (Å²) in [5, 5.41) is 2.85. The molecule has 1 aromatic rings. The zero-order valence-corrected chi connectivity index (χ0v) is 16.0. The number of hydrogen-bond acceptors (Lipinski definition) is 5. The minimum Gasteiger partial charge on any atom is -0.482 e. The fraction of sp³-hybridized carbons (Fsp3) is 0.579. The molecule has 0 spiro atoms. The molecule has 28 heavy (non-hydrogen) atoms. The number of piperidine rings is 1. The normalized spacial score (nSPS) is 15.2. The van der Waals surface area contributed by atoms with E-state index in [0.29, 0.717) is 38.2 Å². The Bertz CT molecular complexity index is 686. The van der Waals surface area contributed by atoms with Gasteiger partial charge in [-0.15, -0.1) is 0 Å². The quantitative estimate of drug-likeness (QED) is 0.710. The molecule has 0 unspecified atom stereocenters. The number of nitrogens with zero attached hydrogens (tertiary/aromatic N) is 1. The average molecular weight is 402 g/mol. The highest BCUT2D eigenvalue weighted by Crippen LogP contribution is 2.28. The van der Waals surface area contributed by atoms with Crippen LogP contribution in [-0.2, 0) is 14.3 Å². The van der Waals surface area contributed by atoms with Crippen LogP contribution in [0.4, 0.5) is 18.9 Å². The topological polar surface area (TPSA) is 67.9 Å². The molecule has 1 saturated heterocycles. The van der Waals surface area contributed by atoms with Crippen molar-refractivity contribution in [3.05, 3.63) is 23.8 Å². The Morgan fingerprint density at radius 1 is 1.25 bits per heavy atom. The first-order chi connectivity index (χ1) is 13.2. The summed E-state index contributed by atoms with van der Waals surface area (Å²) >= 11 is 0. The zero-order valence-electron chi connectivity index (χ0n) is 16.0. The average Bonchev–Trinajstić information content (AvgIpc) is 2.65. The summed E-state index contributed by atoms with van der Waals surface area (Å²) in [5.74, 6) is -0.578. The van der Waals surface area contributed by atoms with Gasteiger partial charge in [0.1, 0.15) is 5.75 Å². The van der Waals surface area contributed by atoms with Gasteiger partial charge in [-0.3, -0.25) is 9.59 Å². The molecule has 6 nitrogen and oxygen atoms in total. The van der Waals surface area contributed by atoms with Gasteiger partial charge < -0.3 is 19.7 Å². The van der Waals surface area contributed by atoms with Crippen LogP contribution in [0, 0.1) is 12.8 Å². The van der Waals surface area contributed by atoms with Crippen molar-refractivity contribution in [2.24, 2.45) is 5.92 Å². The van der Waals surface area contributed by atoms with Gasteiger partial charge in [0.15, 0.2) is 6.61 Å². The molecular weight excluding hydrogens is 377 g/mol. The molecule has 0 atom stereocenters. The van der Waals surface area contributed by atoms with E-state index in [-0.39, 0.29) is 30.1 Å². The van der Waals surface area contributed by atoms with Crippen molar-refractivity contribution in [1.82, 2.24) is 4.90 Å². The lowest BCUT2D eigenvalue weighted by Crippen LogP contribution is -2.43. The number of alkyl halides is 3. The van der Waals surface area contributed by atoms with Gasteiger partial charge in [-0.2, -0.15) is 13.2 Å². The van der Waals surface area contributed by atoms with Gasteiger partial charge in [-0.1, -0.05) is 6.07 Å². The monoisotopic (exact) mass is 402 g/mol. The number of hydrogen-bond donors (Lipinski definition) is 1. The Morgan fingerprint density at radius 2 is 1.93 bits per heavy atom. The number of nitrogens with one attached hydrogen (secondary N) is 1. The van der Waals surface area contributed by atoms with Crippen LogP contribution in [0.2, 0.25) is 0 Å². The molecule has 0 radical (unpaired) electrons. The van der Waals surface area contributed by atoms with E-state index in [0.717, 1.165) is 5.56 Å². The Hall–Kier alpha value is -2.45. The van der Waals surface area contributed by atoms with Gasteiger partial charge in [0.05, 0.1) is 24.8 Å². The number of carbonyl (C=O) groups is 2. The van der Waals surface area contributed by atoms with E-state index >= 15 is 0 Å². The van der Waals surface area contributed by atoms with Gasteiger partial charge in [-0.25, -0.2) is 0 Å². The van der Waals surface area contributed by atoms with Crippen molar-refractivity contribution in [3.63, 3.8) is 0 Å². The number of amides is 1. The molecule has 1 N–H and O–H groups in total. The summed E-state index contributed by atoms with van der Waals surface area (Å²) in [6, 6.07) is 4.79. The number of anilines is 1. The standard InChI is InChI=1S/C19H25F3N2O4/c1-3-27-18(26)14-6-8-24(9-7-14)17(25)11-23-15-5-4-13(2)10-16(15)28-12-19(20,21)22/h4-5,10,14,23H,3,6-9,11-12H2,1-2H3. The molecule has 9 heteroatoms. The van der Waals surface area contributed by atoms with Gasteiger partial charge in [-0.05, 0) is 44.4 Å². The van der Waals surface area contributed by atoms with Crippen LogP contribution in [-0.4, -0.2) is 55.8 Å². The lowest BCUT2D eigenvalue weighted by molar-refractivity contribution is -0.153. The summed E-state index contributed by atoms with van der Waals surface area (Å²) in [4.78, 5) is 25.8. The third-order valence-corrected chi connectivity index (χ3v) is 4.43. The first-order valence-corrected chi connectivity index (χ1v) is 9.18. The van der Waals surface area contributed by atoms with Gasteiger partial charge >= 0.3 is 12.1 Å². The molecular formula is C19H25F3N2O4. The number of carbonyl (C=O) groups excluding carboxylic acids is 2. The largest absolute Gasteiger partial charge is 0.482 e. The number of benzene rings is 1. The van der Waals surface area contributed by atoms with Crippen LogP contribution in [0.1, 0.15) is 25.3 Å². The summed E-state index contributed by atoms with van der Waals surface area (Å²) in [6.45, 7) is 3.22. The van der Waals surface area contributed by atoms with E-state index in [1.54, 1.807) is 30.9 Å². The van der Waals surface area contributed by atoms with Crippen LogP contribution in [0.5, 0.6) is 5.75 Å². The fourth-order valence-electron chi connectivity index (χ4n) is 2.96. The van der Waals surface area contributed by atoms with Crippen molar-refractivity contribution in [2.75, 3.05) is 38.2 Å². The smallest absolute Gasteiger partial charge is 0.422 e. The van der Waals surface area contributed by atoms with E-state index in [1.807, 2.05) is 0 Å². The van der Waals surface area contributed by atoms with Crippen molar-refractivity contribution < 1.29 is 32.2 Å². The van der Waals surface area contributed by atoms with Crippen LogP contribution in [0.3, 0.4) is 0 Å². The highest BCUT2D eigenvalue weighted by molar-refractivity contribution is 5.82. The Kier molecular flexibility index (Phi) is 7.53. The highest BCUT2D eigenvalue weighted by atomic mass is 19.4. The molecule has 0 aromatic heterocycles. The van der Waals surface area contributed by atoms with E-state index in [1.165, 1.54) is 6.07 Å². The first kappa shape index (κ1) is 21.8. The summed E-state index contributed by atoms with van der Waals surface area (Å²) < 4.78 is 47.1. The van der Waals surface area contributed by atoms with E-state index < -0.39 is 12.8 Å². The molecule has 0 saturated carbocycles. The third-order valence-electron chi connectivity index (χ3n) is 4.43. The van der Waals surface area contributed by atoms with Crippen molar-refractivity contribution in [2.45, 2.75) is 32.9 Å². The minimum atomic E-state index is -4.44. The van der Waals surface area contributed by atoms with Crippen molar-refractivity contribution in [1.29, 1.82) is 0 Å². The Labute approximate surface area is 162 Å². The molecule has 1 aliphatic heterocycles. The maximum atomic E-state index is 12.4. The number of ether oxygens (including phenoxy) is 2. The molecule has 1 heterocycles. The van der Waals surface area contributed by atoms with Crippen molar-refractivity contribution >= 4 is 17.6 Å². The SMILES string of the molecule is CCOC(=O)C1CCN(C(=O)CNc2ccc(C)cc2OCC(F)(F)F)CC1. The van der Waals surface area contributed by atoms with Crippen LogP contribution >= 0.6 is 0 Å². The second-order valence-electron chi connectivity index (χ2n) is 6.66. The highest BCUT2D eigenvalue weighted by Gasteiger charge is 2.30. The first-order valence-electron chi connectivity index (χ1n) is 9.18. The number of halogens is 3. The summed E-state index contributed by atoms with van der Waals surface area (Å²) in [5.41, 5.74) is 1.07. The van der Waals surface area contributed by atoms with Crippen LogP contribution in [0.15, 0.2) is 18.2 Å². The molecule has 1 aromatic carbocycles. The number of rotatable bonds is 7. The Balaban J connectivity index is 1.88. The van der Waals surface area contributed by atoms with E-state index in [9.17, 15) is 22.8 Å². The molecule has 0 bridgehead atoms. The molecule has 1 fully saturated rings. The molecule has 0 aliphatic carbocycles. The maximum Gasteiger partial charge on any atom is 0.422 e. The zero-order chi connectivity index (χ0) is 20.7. The van der Waals surface area contributed by atoms with Gasteiger partial charge in [0.2, 0.25) is 5.91 Å². The third kappa shape index (κ3) is 6.61. The molecule has 1 amide bonds. The van der Waals surface area contributed by atoms with Crippen molar-refractivity contribution in [3.8, 4) is 5.75 Å². The summed E-state index contributed by atoms with van der Waals surface area (Å²) in [7, 11) is 0. The molecule has 1 aliphatic rings. The second kappa shape index (κ2) is 9.66. The predicted octanol–water partition coefficient (Wildman–Crippen LogP) is 3.15. The number of likely N-dealkylation sites (tertiary alicyclic amines) is 1. The van der Waals surface area contributed by atoms with Crippen LogP contribution in [0.25, 0.3) is 0 Å². The lowest BCUT2D eigenvalue weighted by atomic mass is 9.97. The predicted molar refractivity (Wildman–Crippen MR) is 97.2 cm³/mol. The molecule has 156 valence electrons. The maximum absolute atomic E-state index is 12.4. The summed E-state index contributed by atoms with van der Waals surface area (Å²) in [6.07, 6.45) is -3.37.